The van der Waals surface area contributed by atoms with Crippen molar-refractivity contribution in [2.45, 2.75) is 24.7 Å². The molecule has 6 rings (SSSR count). The number of carbonyl (C=O) groups excluding carboxylic acids is 1. The fraction of sp³-hybridized carbons (Fsp3) is 0.207. The number of sulfonamides is 1. The van der Waals surface area contributed by atoms with Crippen LogP contribution < -0.4 is 0 Å². The quantitative estimate of drug-likeness (QED) is 0.353. The molecule has 7 nitrogen and oxygen atoms in total. The molecule has 1 saturated heterocycles. The van der Waals surface area contributed by atoms with Gasteiger partial charge in [-0.1, -0.05) is 29.8 Å². The number of halogens is 1. The number of aryl methyl sites for hydroxylation is 1. The minimum absolute atomic E-state index is 0.00603. The summed E-state index contributed by atoms with van der Waals surface area (Å²) >= 11 is 0. The molecule has 192 valence electrons. The van der Waals surface area contributed by atoms with E-state index in [1.54, 1.807) is 78.6 Å². The van der Waals surface area contributed by atoms with Crippen LogP contribution in [0.5, 0.6) is 0 Å². The molecule has 3 heterocycles. The van der Waals surface area contributed by atoms with Gasteiger partial charge in [0.1, 0.15) is 11.5 Å². The minimum atomic E-state index is -3.84. The molecular formula is C29H25FN4O3S. The molecule has 4 aromatic rings. The molecule has 0 amide bonds. The third-order valence-electron chi connectivity index (χ3n) is 7.50. The average molecular weight is 529 g/mol. The molecule has 1 atom stereocenters. The second kappa shape index (κ2) is 9.11. The van der Waals surface area contributed by atoms with E-state index in [0.29, 0.717) is 23.4 Å². The van der Waals surface area contributed by atoms with Gasteiger partial charge in [-0.3, -0.25) is 9.78 Å². The minimum Gasteiger partial charge on any atom is -0.291 e. The normalized spacial score (nSPS) is 19.4. The number of pyridine rings is 1. The number of piperidine rings is 1. The highest BCUT2D eigenvalue weighted by Gasteiger charge is 2.51. The van der Waals surface area contributed by atoms with E-state index in [9.17, 15) is 17.6 Å². The van der Waals surface area contributed by atoms with E-state index < -0.39 is 15.4 Å². The largest absolute Gasteiger partial charge is 0.291 e. The van der Waals surface area contributed by atoms with Crippen LogP contribution in [0.3, 0.4) is 0 Å². The molecule has 1 aliphatic carbocycles. The van der Waals surface area contributed by atoms with E-state index in [-0.39, 0.29) is 36.0 Å². The van der Waals surface area contributed by atoms with Crippen molar-refractivity contribution in [3.05, 3.63) is 113 Å². The third kappa shape index (κ3) is 3.90. The van der Waals surface area contributed by atoms with Gasteiger partial charge < -0.3 is 0 Å². The number of carbonyl (C=O) groups is 1. The summed E-state index contributed by atoms with van der Waals surface area (Å²) in [5.74, 6) is -0.551. The van der Waals surface area contributed by atoms with Crippen LogP contribution in [0, 0.1) is 18.2 Å². The number of nitrogens with zero attached hydrogens (tertiary/aromatic N) is 4. The number of Topliss-reactive ketones (excluding diaryl/α,β-unsaturated/α-hetero) is 1. The summed E-state index contributed by atoms with van der Waals surface area (Å²) in [5, 5.41) is 4.54. The van der Waals surface area contributed by atoms with E-state index >= 15 is 0 Å². The molecular weight excluding hydrogens is 503 g/mol. The van der Waals surface area contributed by atoms with E-state index in [1.807, 2.05) is 6.08 Å². The summed E-state index contributed by atoms with van der Waals surface area (Å²) in [6.45, 7) is 2.03. The number of aromatic nitrogens is 3. The van der Waals surface area contributed by atoms with Gasteiger partial charge >= 0.3 is 0 Å². The Labute approximate surface area is 220 Å². The van der Waals surface area contributed by atoms with Gasteiger partial charge in [0, 0.05) is 19.3 Å². The SMILES string of the molecule is Cc1ccccc1S(=O)(=O)N1CCC2=Cc3c(cnn3-c3ccc(F)cc3)C[C@]2(C(=O)c2ccccn2)C1. The maximum atomic E-state index is 14.2. The fourth-order valence-electron chi connectivity index (χ4n) is 5.54. The Balaban J connectivity index is 1.46. The predicted octanol–water partition coefficient (Wildman–Crippen LogP) is 4.62. The summed E-state index contributed by atoms with van der Waals surface area (Å²) in [6, 6.07) is 18.1. The lowest BCUT2D eigenvalue weighted by molar-refractivity contribution is 0.0770. The Bertz CT molecular complexity index is 1680. The lowest BCUT2D eigenvalue weighted by atomic mass is 9.65. The first-order valence-electron chi connectivity index (χ1n) is 12.4. The topological polar surface area (TPSA) is 85.2 Å². The molecule has 0 spiro atoms. The van der Waals surface area contributed by atoms with Crippen LogP contribution in [0.25, 0.3) is 11.8 Å². The van der Waals surface area contributed by atoms with Crippen molar-refractivity contribution in [2.24, 2.45) is 5.41 Å². The van der Waals surface area contributed by atoms with Crippen LogP contribution >= 0.6 is 0 Å². The van der Waals surface area contributed by atoms with Crippen molar-refractivity contribution >= 4 is 21.9 Å². The standard InChI is InChI=1S/C29H25FN4O3S/c1-20-6-2-3-8-27(20)38(36,37)33-15-13-22-16-26-21(18-32-34(26)24-11-9-23(30)10-12-24)17-29(22,19-33)28(35)25-7-4-5-14-31-25/h2-12,14,16,18H,13,15,17,19H2,1H3/t29-/m0/s1. The number of ketones is 1. The van der Waals surface area contributed by atoms with Gasteiger partial charge in [-0.2, -0.15) is 9.40 Å². The molecule has 38 heavy (non-hydrogen) atoms. The van der Waals surface area contributed by atoms with Crippen LogP contribution in [0.1, 0.15) is 33.7 Å². The van der Waals surface area contributed by atoms with Crippen molar-refractivity contribution in [1.29, 1.82) is 0 Å². The summed E-state index contributed by atoms with van der Waals surface area (Å²) < 4.78 is 44.3. The summed E-state index contributed by atoms with van der Waals surface area (Å²) in [7, 11) is -3.84. The lowest BCUT2D eigenvalue weighted by Gasteiger charge is -2.44. The molecule has 1 fully saturated rings. The molecule has 1 aliphatic heterocycles. The zero-order valence-corrected chi connectivity index (χ0v) is 21.5. The smallest absolute Gasteiger partial charge is 0.243 e. The monoisotopic (exact) mass is 528 g/mol. The van der Waals surface area contributed by atoms with Crippen molar-refractivity contribution < 1.29 is 17.6 Å². The number of hydrogen-bond donors (Lipinski definition) is 0. The van der Waals surface area contributed by atoms with Gasteiger partial charge in [0.15, 0.2) is 5.78 Å². The molecule has 2 aromatic heterocycles. The van der Waals surface area contributed by atoms with Gasteiger partial charge in [0.2, 0.25) is 10.0 Å². The van der Waals surface area contributed by atoms with Crippen LogP contribution in [0.15, 0.2) is 89.6 Å². The fourth-order valence-corrected chi connectivity index (χ4v) is 7.26. The second-order valence-corrected chi connectivity index (χ2v) is 11.7. The molecule has 0 radical (unpaired) electrons. The molecule has 0 bridgehead atoms. The van der Waals surface area contributed by atoms with Crippen LogP contribution in [-0.4, -0.2) is 46.4 Å². The maximum Gasteiger partial charge on any atom is 0.243 e. The van der Waals surface area contributed by atoms with E-state index in [2.05, 4.69) is 10.1 Å². The van der Waals surface area contributed by atoms with Gasteiger partial charge in [-0.05, 0) is 79.4 Å². The highest BCUT2D eigenvalue weighted by atomic mass is 32.2. The second-order valence-electron chi connectivity index (χ2n) is 9.77. The Hall–Kier alpha value is -3.95. The molecule has 9 heteroatoms. The zero-order chi connectivity index (χ0) is 26.5. The van der Waals surface area contributed by atoms with Crippen molar-refractivity contribution in [3.63, 3.8) is 0 Å². The molecule has 2 aliphatic rings. The van der Waals surface area contributed by atoms with Crippen molar-refractivity contribution in [1.82, 2.24) is 19.1 Å². The number of rotatable bonds is 5. The van der Waals surface area contributed by atoms with E-state index in [4.69, 9.17) is 0 Å². The Kier molecular flexibility index (Phi) is 5.85. The first-order chi connectivity index (χ1) is 18.3. The highest BCUT2D eigenvalue weighted by Crippen LogP contribution is 2.47. The Morgan fingerprint density at radius 3 is 2.53 bits per heavy atom. The molecule has 0 saturated carbocycles. The van der Waals surface area contributed by atoms with Crippen molar-refractivity contribution in [2.75, 3.05) is 13.1 Å². The summed E-state index contributed by atoms with van der Waals surface area (Å²) in [4.78, 5) is 18.7. The van der Waals surface area contributed by atoms with Gasteiger partial charge in [0.25, 0.3) is 0 Å². The van der Waals surface area contributed by atoms with Crippen LogP contribution in [-0.2, 0) is 16.4 Å². The maximum absolute atomic E-state index is 14.2. The van der Waals surface area contributed by atoms with Gasteiger partial charge in [-0.15, -0.1) is 0 Å². The summed E-state index contributed by atoms with van der Waals surface area (Å²) in [6.07, 6.45) is 5.89. The van der Waals surface area contributed by atoms with Crippen molar-refractivity contribution in [3.8, 4) is 5.69 Å². The molecule has 0 N–H and O–H groups in total. The first kappa shape index (κ1) is 24.4. The Morgan fingerprint density at radius 1 is 1.03 bits per heavy atom. The molecule has 2 aromatic carbocycles. The lowest BCUT2D eigenvalue weighted by Crippen LogP contribution is -2.53. The van der Waals surface area contributed by atoms with Crippen LogP contribution in [0.4, 0.5) is 4.39 Å². The average Bonchev–Trinajstić information content (AvgIpc) is 3.34. The number of hydrogen-bond acceptors (Lipinski definition) is 5. The summed E-state index contributed by atoms with van der Waals surface area (Å²) in [5.41, 5.74) is 3.01. The molecule has 0 unspecified atom stereocenters. The predicted molar refractivity (Wildman–Crippen MR) is 141 cm³/mol. The van der Waals surface area contributed by atoms with Gasteiger partial charge in [0.05, 0.1) is 27.9 Å². The number of benzene rings is 2. The van der Waals surface area contributed by atoms with Gasteiger partial charge in [-0.25, -0.2) is 17.5 Å². The third-order valence-corrected chi connectivity index (χ3v) is 9.50. The van der Waals surface area contributed by atoms with E-state index in [1.165, 1.54) is 16.4 Å². The highest BCUT2D eigenvalue weighted by molar-refractivity contribution is 7.89. The van der Waals surface area contributed by atoms with Crippen LogP contribution in [0.2, 0.25) is 0 Å². The number of fused-ring (bicyclic) bond motifs is 2. The Morgan fingerprint density at radius 2 is 1.79 bits per heavy atom. The van der Waals surface area contributed by atoms with E-state index in [0.717, 1.165) is 16.8 Å². The first-order valence-corrected chi connectivity index (χ1v) is 13.8. The zero-order valence-electron chi connectivity index (χ0n) is 20.7.